The summed E-state index contributed by atoms with van der Waals surface area (Å²) in [5.74, 6) is 1.30. The van der Waals surface area contributed by atoms with E-state index in [4.69, 9.17) is 19.9 Å². The first kappa shape index (κ1) is 17.9. The largest absolute Gasteiger partial charge is 0.493 e. The van der Waals surface area contributed by atoms with Crippen molar-refractivity contribution in [2.75, 3.05) is 13.7 Å². The summed E-state index contributed by atoms with van der Waals surface area (Å²) in [7, 11) is 1.56. The van der Waals surface area contributed by atoms with E-state index in [-0.39, 0.29) is 17.2 Å². The summed E-state index contributed by atoms with van der Waals surface area (Å²) in [6.45, 7) is 2.61. The average molecular weight is 354 g/mol. The molecule has 1 atom stereocenters. The van der Waals surface area contributed by atoms with Crippen molar-refractivity contribution >= 4 is 5.78 Å². The Labute approximate surface area is 152 Å². The van der Waals surface area contributed by atoms with Gasteiger partial charge in [0.05, 0.1) is 19.6 Å². The van der Waals surface area contributed by atoms with Gasteiger partial charge in [0.15, 0.2) is 17.3 Å². The number of methoxy groups -OCH3 is 1. The number of rotatable bonds is 5. The highest BCUT2D eigenvalue weighted by Crippen LogP contribution is 2.44. The summed E-state index contributed by atoms with van der Waals surface area (Å²) in [6, 6.07) is 7.57. The molecule has 1 aromatic carbocycles. The van der Waals surface area contributed by atoms with Gasteiger partial charge in [0, 0.05) is 18.4 Å². The Balaban J connectivity index is 2.09. The average Bonchev–Trinajstić information content (AvgIpc) is 2.65. The van der Waals surface area contributed by atoms with Gasteiger partial charge in [-0.25, -0.2) is 0 Å². The van der Waals surface area contributed by atoms with Gasteiger partial charge < -0.3 is 19.9 Å². The highest BCUT2D eigenvalue weighted by atomic mass is 16.5. The zero-order valence-electron chi connectivity index (χ0n) is 15.0. The molecule has 3 rings (SSSR count). The van der Waals surface area contributed by atoms with Crippen molar-refractivity contribution in [1.82, 2.24) is 0 Å². The van der Waals surface area contributed by atoms with Gasteiger partial charge in [0.1, 0.15) is 17.4 Å². The van der Waals surface area contributed by atoms with Gasteiger partial charge in [-0.2, -0.15) is 5.26 Å². The number of benzene rings is 1. The number of nitrogens with zero attached hydrogens (tertiary/aromatic N) is 1. The molecule has 2 N–H and O–H groups in total. The van der Waals surface area contributed by atoms with Crippen LogP contribution < -0.4 is 15.2 Å². The third-order valence-electron chi connectivity index (χ3n) is 4.59. The van der Waals surface area contributed by atoms with Crippen molar-refractivity contribution < 1.29 is 19.0 Å². The standard InChI is InChI=1S/C20H22N2O4/c1-3-9-25-15-8-7-12(10-17(15)24-2)18-13(11-21)20(22)26-16-6-4-5-14(23)19(16)18/h7-8,10,18H,3-6,9,22H2,1-2H3. The summed E-state index contributed by atoms with van der Waals surface area (Å²) in [6.07, 6.45) is 2.71. The molecule has 6 nitrogen and oxygen atoms in total. The Morgan fingerprint density at radius 3 is 2.85 bits per heavy atom. The lowest BCUT2D eigenvalue weighted by Gasteiger charge is -2.31. The molecule has 0 fully saturated rings. The number of ketones is 1. The molecule has 0 aromatic heterocycles. The molecule has 26 heavy (non-hydrogen) atoms. The fourth-order valence-corrected chi connectivity index (χ4v) is 3.38. The fourth-order valence-electron chi connectivity index (χ4n) is 3.38. The minimum absolute atomic E-state index is 0.00164. The van der Waals surface area contributed by atoms with E-state index in [1.165, 1.54) is 0 Å². The third-order valence-corrected chi connectivity index (χ3v) is 4.59. The molecule has 0 saturated heterocycles. The summed E-state index contributed by atoms with van der Waals surface area (Å²) >= 11 is 0. The van der Waals surface area contributed by atoms with Gasteiger partial charge in [-0.15, -0.1) is 0 Å². The van der Waals surface area contributed by atoms with Crippen LogP contribution in [0.25, 0.3) is 0 Å². The van der Waals surface area contributed by atoms with Crippen molar-refractivity contribution in [2.45, 2.75) is 38.5 Å². The molecule has 1 aliphatic carbocycles. The maximum Gasteiger partial charge on any atom is 0.205 e. The van der Waals surface area contributed by atoms with Crippen molar-refractivity contribution in [2.24, 2.45) is 5.73 Å². The Bertz CT molecular complexity index is 833. The van der Waals surface area contributed by atoms with Crippen LogP contribution in [0.3, 0.4) is 0 Å². The van der Waals surface area contributed by atoms with E-state index in [0.717, 1.165) is 18.4 Å². The van der Waals surface area contributed by atoms with Crippen molar-refractivity contribution in [3.8, 4) is 17.6 Å². The van der Waals surface area contributed by atoms with Crippen molar-refractivity contribution in [1.29, 1.82) is 5.26 Å². The van der Waals surface area contributed by atoms with E-state index >= 15 is 0 Å². The Kier molecular flexibility index (Phi) is 5.17. The van der Waals surface area contributed by atoms with Crippen LogP contribution in [-0.4, -0.2) is 19.5 Å². The van der Waals surface area contributed by atoms with Gasteiger partial charge in [-0.3, -0.25) is 4.79 Å². The molecule has 1 aliphatic heterocycles. The molecular weight excluding hydrogens is 332 g/mol. The number of hydrogen-bond donors (Lipinski definition) is 1. The van der Waals surface area contributed by atoms with Gasteiger partial charge in [-0.1, -0.05) is 13.0 Å². The van der Waals surface area contributed by atoms with Crippen LogP contribution in [0.15, 0.2) is 41.0 Å². The van der Waals surface area contributed by atoms with Crippen LogP contribution in [0, 0.1) is 11.3 Å². The maximum absolute atomic E-state index is 12.6. The molecule has 2 aliphatic rings. The van der Waals surface area contributed by atoms with Gasteiger partial charge in [0.2, 0.25) is 5.88 Å². The summed E-state index contributed by atoms with van der Waals surface area (Å²) in [4.78, 5) is 12.6. The van der Waals surface area contributed by atoms with Gasteiger partial charge in [-0.05, 0) is 30.5 Å². The number of carbonyl (C=O) groups is 1. The second kappa shape index (κ2) is 7.52. The molecular formula is C20H22N2O4. The first-order valence-corrected chi connectivity index (χ1v) is 8.75. The second-order valence-electron chi connectivity index (χ2n) is 6.30. The van der Waals surface area contributed by atoms with E-state index in [1.54, 1.807) is 19.2 Å². The summed E-state index contributed by atoms with van der Waals surface area (Å²) in [5.41, 5.74) is 7.52. The Morgan fingerprint density at radius 1 is 1.35 bits per heavy atom. The zero-order valence-corrected chi connectivity index (χ0v) is 15.0. The van der Waals surface area contributed by atoms with E-state index < -0.39 is 5.92 Å². The summed E-state index contributed by atoms with van der Waals surface area (Å²) in [5, 5.41) is 9.61. The SMILES string of the molecule is CCCOc1ccc(C2C(C#N)=C(N)OC3=C2C(=O)CCC3)cc1OC. The first-order chi connectivity index (χ1) is 12.6. The van der Waals surface area contributed by atoms with Crippen LogP contribution in [0.5, 0.6) is 11.5 Å². The van der Waals surface area contributed by atoms with Crippen LogP contribution in [0.2, 0.25) is 0 Å². The predicted octanol–water partition coefficient (Wildman–Crippen LogP) is 3.30. The minimum atomic E-state index is -0.536. The number of ether oxygens (including phenoxy) is 3. The maximum atomic E-state index is 12.6. The molecule has 1 aromatic rings. The normalized spacial score (nSPS) is 19.6. The lowest BCUT2D eigenvalue weighted by molar-refractivity contribution is -0.116. The Hall–Kier alpha value is -2.94. The molecule has 1 unspecified atom stereocenters. The van der Waals surface area contributed by atoms with Crippen molar-refractivity contribution in [3.05, 3.63) is 46.6 Å². The number of Topliss-reactive ketones (excluding diaryl/α,β-unsaturated/α-hetero) is 1. The molecule has 0 amide bonds. The highest BCUT2D eigenvalue weighted by molar-refractivity contribution is 5.99. The number of nitriles is 1. The third kappa shape index (κ3) is 3.13. The topological polar surface area (TPSA) is 94.6 Å². The zero-order chi connectivity index (χ0) is 18.7. The second-order valence-corrected chi connectivity index (χ2v) is 6.30. The van der Waals surface area contributed by atoms with Crippen LogP contribution in [-0.2, 0) is 9.53 Å². The van der Waals surface area contributed by atoms with Gasteiger partial charge in [0.25, 0.3) is 0 Å². The number of carbonyl (C=O) groups excluding carboxylic acids is 1. The molecule has 1 heterocycles. The Morgan fingerprint density at radius 2 is 2.15 bits per heavy atom. The van der Waals surface area contributed by atoms with Crippen LogP contribution in [0.1, 0.15) is 44.1 Å². The lowest BCUT2D eigenvalue weighted by Crippen LogP contribution is -2.27. The molecule has 0 spiro atoms. The highest BCUT2D eigenvalue weighted by Gasteiger charge is 2.38. The number of hydrogen-bond acceptors (Lipinski definition) is 6. The molecule has 0 bridgehead atoms. The van der Waals surface area contributed by atoms with E-state index in [9.17, 15) is 10.1 Å². The van der Waals surface area contributed by atoms with E-state index in [2.05, 4.69) is 6.07 Å². The smallest absolute Gasteiger partial charge is 0.205 e. The lowest BCUT2D eigenvalue weighted by atomic mass is 9.77. The monoisotopic (exact) mass is 354 g/mol. The molecule has 136 valence electrons. The minimum Gasteiger partial charge on any atom is -0.493 e. The molecule has 6 heteroatoms. The number of nitrogens with two attached hydrogens (primary N) is 1. The molecule has 0 saturated carbocycles. The quantitative estimate of drug-likeness (QED) is 0.872. The van der Waals surface area contributed by atoms with Crippen LogP contribution in [0.4, 0.5) is 0 Å². The van der Waals surface area contributed by atoms with Crippen LogP contribution >= 0.6 is 0 Å². The van der Waals surface area contributed by atoms with Gasteiger partial charge >= 0.3 is 0 Å². The summed E-state index contributed by atoms with van der Waals surface area (Å²) < 4.78 is 16.7. The van der Waals surface area contributed by atoms with E-state index in [1.807, 2.05) is 13.0 Å². The predicted molar refractivity (Wildman–Crippen MR) is 95.3 cm³/mol. The van der Waals surface area contributed by atoms with Crippen molar-refractivity contribution in [3.63, 3.8) is 0 Å². The molecule has 0 radical (unpaired) electrons. The number of allylic oxidation sites excluding steroid dienone is 3. The first-order valence-electron chi connectivity index (χ1n) is 8.75. The van der Waals surface area contributed by atoms with E-state index in [0.29, 0.717) is 42.3 Å². The fraction of sp³-hybridized carbons (Fsp3) is 0.400.